The fourth-order valence-corrected chi connectivity index (χ4v) is 4.38. The van der Waals surface area contributed by atoms with Crippen molar-refractivity contribution in [2.45, 2.75) is 32.3 Å². The van der Waals surface area contributed by atoms with Gasteiger partial charge in [-0.3, -0.25) is 4.79 Å². The summed E-state index contributed by atoms with van der Waals surface area (Å²) in [5.74, 6) is 0.135. The molecule has 1 saturated heterocycles. The Hall–Kier alpha value is -2.45. The third-order valence-corrected chi connectivity index (χ3v) is 5.92. The smallest absolute Gasteiger partial charge is 0.406 e. The maximum atomic E-state index is 12.8. The van der Waals surface area contributed by atoms with Crippen LogP contribution < -0.4 is 15.4 Å². The number of hydrogen-bond donors (Lipinski definition) is 2. The summed E-state index contributed by atoms with van der Waals surface area (Å²) in [6.07, 6.45) is -2.47. The first kappa shape index (κ1) is 21.8. The minimum absolute atomic E-state index is 0.180. The van der Waals surface area contributed by atoms with Crippen molar-refractivity contribution < 1.29 is 22.7 Å². The molecule has 1 amide bonds. The number of nitrogens with zero attached hydrogens (tertiary/aromatic N) is 1. The molecule has 2 aliphatic heterocycles. The fraction of sp³-hybridized carbons (Fsp3) is 0.409. The normalized spacial score (nSPS) is 17.0. The highest BCUT2D eigenvalue weighted by molar-refractivity contribution is 6.34. The van der Waals surface area contributed by atoms with E-state index in [0.717, 1.165) is 43.7 Å². The molecule has 0 aliphatic carbocycles. The van der Waals surface area contributed by atoms with Gasteiger partial charge in [-0.05, 0) is 67.2 Å². The van der Waals surface area contributed by atoms with Gasteiger partial charge < -0.3 is 20.3 Å². The minimum Gasteiger partial charge on any atom is -0.406 e. The van der Waals surface area contributed by atoms with Gasteiger partial charge in [-0.1, -0.05) is 23.7 Å². The number of carbonyl (C=O) groups excluding carboxylic acids is 1. The van der Waals surface area contributed by atoms with E-state index in [0.29, 0.717) is 28.6 Å². The number of fused-ring (bicyclic) bond motifs is 1. The molecule has 0 bridgehead atoms. The lowest BCUT2D eigenvalue weighted by Gasteiger charge is -2.23. The Morgan fingerprint density at radius 1 is 1.16 bits per heavy atom. The molecule has 0 unspecified atom stereocenters. The SMILES string of the molecule is O=C1c2c(Cl)cc(NCC3CCNCC3)cc2CN1Cc1ccc(OC(F)(F)F)cc1. The maximum absolute atomic E-state index is 12.8. The number of ether oxygens (including phenoxy) is 1. The van der Waals surface area contributed by atoms with Crippen LogP contribution in [0.5, 0.6) is 5.75 Å². The number of halogens is 4. The molecular formula is C22H23ClF3N3O2. The molecule has 2 heterocycles. The van der Waals surface area contributed by atoms with E-state index in [1.54, 1.807) is 11.0 Å². The summed E-state index contributed by atoms with van der Waals surface area (Å²) in [4.78, 5) is 14.5. The van der Waals surface area contributed by atoms with Gasteiger partial charge >= 0.3 is 6.36 Å². The van der Waals surface area contributed by atoms with Crippen LogP contribution in [0.4, 0.5) is 18.9 Å². The number of nitrogens with one attached hydrogen (secondary N) is 2. The topological polar surface area (TPSA) is 53.6 Å². The van der Waals surface area contributed by atoms with Crippen LogP contribution in [0.25, 0.3) is 0 Å². The molecule has 0 aromatic heterocycles. The molecule has 2 aromatic rings. The van der Waals surface area contributed by atoms with Gasteiger partial charge in [0.05, 0.1) is 10.6 Å². The van der Waals surface area contributed by atoms with E-state index in [4.69, 9.17) is 11.6 Å². The molecule has 166 valence electrons. The van der Waals surface area contributed by atoms with E-state index in [2.05, 4.69) is 15.4 Å². The first-order chi connectivity index (χ1) is 14.8. The number of amides is 1. The summed E-state index contributed by atoms with van der Waals surface area (Å²) < 4.78 is 40.8. The highest BCUT2D eigenvalue weighted by Crippen LogP contribution is 2.34. The van der Waals surface area contributed by atoms with E-state index in [1.165, 1.54) is 24.3 Å². The second kappa shape index (κ2) is 8.96. The summed E-state index contributed by atoms with van der Waals surface area (Å²) in [5.41, 5.74) is 2.94. The highest BCUT2D eigenvalue weighted by atomic mass is 35.5. The Morgan fingerprint density at radius 2 is 1.87 bits per heavy atom. The van der Waals surface area contributed by atoms with Gasteiger partial charge in [-0.25, -0.2) is 0 Å². The van der Waals surface area contributed by atoms with Gasteiger partial charge in [-0.15, -0.1) is 13.2 Å². The first-order valence-electron chi connectivity index (χ1n) is 10.2. The predicted octanol–water partition coefficient (Wildman–Crippen LogP) is 4.81. The zero-order chi connectivity index (χ0) is 22.0. The van der Waals surface area contributed by atoms with E-state index < -0.39 is 6.36 Å². The third kappa shape index (κ3) is 5.43. The number of piperidine rings is 1. The molecule has 2 N–H and O–H groups in total. The summed E-state index contributed by atoms with van der Waals surface area (Å²) in [6, 6.07) is 9.26. The van der Waals surface area contributed by atoms with Crippen molar-refractivity contribution in [2.24, 2.45) is 5.92 Å². The highest BCUT2D eigenvalue weighted by Gasteiger charge is 2.32. The fourth-order valence-electron chi connectivity index (χ4n) is 4.06. The van der Waals surface area contributed by atoms with Crippen LogP contribution in [0.1, 0.15) is 34.3 Å². The third-order valence-electron chi connectivity index (χ3n) is 5.62. The molecule has 9 heteroatoms. The van der Waals surface area contributed by atoms with Crippen molar-refractivity contribution in [1.82, 2.24) is 10.2 Å². The van der Waals surface area contributed by atoms with Gasteiger partial charge in [0.1, 0.15) is 5.75 Å². The largest absolute Gasteiger partial charge is 0.573 e. The molecule has 0 atom stereocenters. The van der Waals surface area contributed by atoms with Gasteiger partial charge in [0.2, 0.25) is 0 Å². The Kier molecular flexibility index (Phi) is 6.29. The lowest BCUT2D eigenvalue weighted by Crippen LogP contribution is -2.31. The van der Waals surface area contributed by atoms with Crippen LogP contribution in [0.3, 0.4) is 0 Å². The molecule has 4 rings (SSSR count). The van der Waals surface area contributed by atoms with Crippen molar-refractivity contribution in [3.05, 3.63) is 58.1 Å². The number of anilines is 1. The molecule has 0 spiro atoms. The average molecular weight is 454 g/mol. The summed E-state index contributed by atoms with van der Waals surface area (Å²) in [7, 11) is 0. The zero-order valence-corrected chi connectivity index (χ0v) is 17.5. The maximum Gasteiger partial charge on any atom is 0.573 e. The van der Waals surface area contributed by atoms with Gasteiger partial charge in [0.15, 0.2) is 0 Å². The number of rotatable bonds is 6. The molecule has 0 saturated carbocycles. The lowest BCUT2D eigenvalue weighted by molar-refractivity contribution is -0.274. The Bertz CT molecular complexity index is 944. The minimum atomic E-state index is -4.73. The van der Waals surface area contributed by atoms with Crippen LogP contribution in [0, 0.1) is 5.92 Å². The van der Waals surface area contributed by atoms with Crippen LogP contribution in [0.15, 0.2) is 36.4 Å². The quantitative estimate of drug-likeness (QED) is 0.659. The summed E-state index contributed by atoms with van der Waals surface area (Å²) >= 11 is 6.42. The molecule has 31 heavy (non-hydrogen) atoms. The average Bonchev–Trinajstić information content (AvgIpc) is 3.03. The Labute approximate surface area is 183 Å². The van der Waals surface area contributed by atoms with Crippen molar-refractivity contribution in [1.29, 1.82) is 0 Å². The standard InChI is InChI=1S/C22H23ClF3N3O2/c23-19-10-17(28-11-14-5-7-27-8-6-14)9-16-13-29(21(30)20(16)19)12-15-1-3-18(4-2-15)31-22(24,25)26/h1-4,9-10,14,27-28H,5-8,11-13H2. The molecular weight excluding hydrogens is 431 g/mol. The van der Waals surface area contributed by atoms with Crippen LogP contribution >= 0.6 is 11.6 Å². The Morgan fingerprint density at radius 3 is 2.55 bits per heavy atom. The van der Waals surface area contributed by atoms with E-state index in [1.807, 2.05) is 6.07 Å². The number of carbonyl (C=O) groups is 1. The van der Waals surface area contributed by atoms with E-state index in [-0.39, 0.29) is 18.2 Å². The molecule has 2 aliphatic rings. The van der Waals surface area contributed by atoms with Gasteiger partial charge in [0.25, 0.3) is 5.91 Å². The lowest BCUT2D eigenvalue weighted by atomic mass is 9.98. The molecule has 1 fully saturated rings. The Balaban J connectivity index is 1.40. The van der Waals surface area contributed by atoms with Crippen molar-refractivity contribution >= 4 is 23.2 Å². The summed E-state index contributed by atoms with van der Waals surface area (Å²) in [6.45, 7) is 3.60. The second-order valence-electron chi connectivity index (χ2n) is 7.92. The van der Waals surface area contributed by atoms with E-state index >= 15 is 0 Å². The van der Waals surface area contributed by atoms with Gasteiger partial charge in [-0.2, -0.15) is 0 Å². The zero-order valence-electron chi connectivity index (χ0n) is 16.8. The van der Waals surface area contributed by atoms with Crippen molar-refractivity contribution in [3.8, 4) is 5.75 Å². The second-order valence-corrected chi connectivity index (χ2v) is 8.33. The number of hydrogen-bond acceptors (Lipinski definition) is 4. The van der Waals surface area contributed by atoms with Crippen LogP contribution in [-0.2, 0) is 13.1 Å². The monoisotopic (exact) mass is 453 g/mol. The first-order valence-corrected chi connectivity index (χ1v) is 10.6. The van der Waals surface area contributed by atoms with Crippen molar-refractivity contribution in [2.75, 3.05) is 25.0 Å². The van der Waals surface area contributed by atoms with E-state index in [9.17, 15) is 18.0 Å². The molecule has 2 aromatic carbocycles. The predicted molar refractivity (Wildman–Crippen MR) is 112 cm³/mol. The molecule has 5 nitrogen and oxygen atoms in total. The number of alkyl halides is 3. The molecule has 0 radical (unpaired) electrons. The number of benzene rings is 2. The van der Waals surface area contributed by atoms with Crippen molar-refractivity contribution in [3.63, 3.8) is 0 Å². The summed E-state index contributed by atoms with van der Waals surface area (Å²) in [5, 5.41) is 7.20. The van der Waals surface area contributed by atoms with Crippen LogP contribution in [0.2, 0.25) is 5.02 Å². The van der Waals surface area contributed by atoms with Crippen LogP contribution in [-0.4, -0.2) is 36.8 Å². The van der Waals surface area contributed by atoms with Gasteiger partial charge in [0, 0.05) is 25.3 Å².